The standard InChI is InChI=1S/C11H15N/c1-3-4-5-6-10(2)11-7-8-12-9-11/h3-4,7-9,12H,2,5-6H2,1H3/b4-3-. The van der Waals surface area contributed by atoms with Gasteiger partial charge in [0.05, 0.1) is 0 Å². The van der Waals surface area contributed by atoms with Crippen molar-refractivity contribution in [3.8, 4) is 0 Å². The van der Waals surface area contributed by atoms with Gasteiger partial charge in [0.2, 0.25) is 0 Å². The van der Waals surface area contributed by atoms with Gasteiger partial charge in [-0.05, 0) is 37.0 Å². The molecule has 1 N–H and O–H groups in total. The number of H-pyrrole nitrogens is 1. The van der Waals surface area contributed by atoms with Crippen LogP contribution in [-0.2, 0) is 0 Å². The van der Waals surface area contributed by atoms with Crippen LogP contribution >= 0.6 is 0 Å². The topological polar surface area (TPSA) is 15.8 Å². The normalized spacial score (nSPS) is 10.8. The Hall–Kier alpha value is -1.24. The number of hydrogen-bond acceptors (Lipinski definition) is 0. The molecule has 0 aliphatic rings. The van der Waals surface area contributed by atoms with Crippen molar-refractivity contribution >= 4 is 5.57 Å². The van der Waals surface area contributed by atoms with Gasteiger partial charge in [0, 0.05) is 12.4 Å². The smallest absolute Gasteiger partial charge is 0.00806 e. The first kappa shape index (κ1) is 8.85. The van der Waals surface area contributed by atoms with Gasteiger partial charge in [0.25, 0.3) is 0 Å². The van der Waals surface area contributed by atoms with Gasteiger partial charge in [-0.25, -0.2) is 0 Å². The molecule has 1 rings (SSSR count). The van der Waals surface area contributed by atoms with Gasteiger partial charge in [-0.2, -0.15) is 0 Å². The number of aromatic amines is 1. The van der Waals surface area contributed by atoms with Crippen LogP contribution in [0, 0.1) is 0 Å². The molecule has 0 saturated heterocycles. The fourth-order valence-corrected chi connectivity index (χ4v) is 1.11. The molecule has 1 nitrogen and oxygen atoms in total. The highest BCUT2D eigenvalue weighted by Crippen LogP contribution is 2.16. The van der Waals surface area contributed by atoms with E-state index >= 15 is 0 Å². The molecule has 0 atom stereocenters. The van der Waals surface area contributed by atoms with Crippen LogP contribution < -0.4 is 0 Å². The third-order valence-electron chi connectivity index (χ3n) is 1.85. The van der Waals surface area contributed by atoms with E-state index in [1.165, 1.54) is 11.1 Å². The Kier molecular flexibility index (Phi) is 3.39. The highest BCUT2D eigenvalue weighted by Gasteiger charge is 1.96. The van der Waals surface area contributed by atoms with Crippen LogP contribution in [0.25, 0.3) is 5.57 Å². The summed E-state index contributed by atoms with van der Waals surface area (Å²) in [4.78, 5) is 3.02. The monoisotopic (exact) mass is 161 g/mol. The summed E-state index contributed by atoms with van der Waals surface area (Å²) in [6.07, 6.45) is 10.3. The first-order valence-electron chi connectivity index (χ1n) is 4.26. The molecular formula is C11H15N. The lowest BCUT2D eigenvalue weighted by Crippen LogP contribution is -1.77. The molecule has 64 valence electrons. The van der Waals surface area contributed by atoms with Crippen molar-refractivity contribution in [3.63, 3.8) is 0 Å². The number of rotatable bonds is 4. The zero-order valence-corrected chi connectivity index (χ0v) is 7.51. The fourth-order valence-electron chi connectivity index (χ4n) is 1.11. The van der Waals surface area contributed by atoms with E-state index < -0.39 is 0 Å². The third kappa shape index (κ3) is 2.42. The second kappa shape index (κ2) is 4.60. The molecule has 0 amide bonds. The third-order valence-corrected chi connectivity index (χ3v) is 1.85. The van der Waals surface area contributed by atoms with E-state index in [-0.39, 0.29) is 0 Å². The summed E-state index contributed by atoms with van der Waals surface area (Å²) in [5.74, 6) is 0. The van der Waals surface area contributed by atoms with E-state index in [4.69, 9.17) is 0 Å². The number of nitrogens with one attached hydrogen (secondary N) is 1. The minimum atomic E-state index is 1.04. The molecule has 0 fully saturated rings. The van der Waals surface area contributed by atoms with Crippen molar-refractivity contribution in [2.24, 2.45) is 0 Å². The Morgan fingerprint density at radius 1 is 1.67 bits per heavy atom. The maximum atomic E-state index is 4.02. The van der Waals surface area contributed by atoms with E-state index in [1.807, 2.05) is 19.3 Å². The average Bonchev–Trinajstić information content (AvgIpc) is 2.56. The molecule has 0 saturated carbocycles. The zero-order chi connectivity index (χ0) is 8.81. The van der Waals surface area contributed by atoms with Crippen molar-refractivity contribution in [2.45, 2.75) is 19.8 Å². The summed E-state index contributed by atoms with van der Waals surface area (Å²) in [6.45, 7) is 6.06. The number of allylic oxidation sites excluding steroid dienone is 3. The Morgan fingerprint density at radius 2 is 2.50 bits per heavy atom. The molecule has 12 heavy (non-hydrogen) atoms. The maximum Gasteiger partial charge on any atom is 0.00806 e. The van der Waals surface area contributed by atoms with E-state index in [9.17, 15) is 0 Å². The molecule has 0 bridgehead atoms. The Morgan fingerprint density at radius 3 is 3.08 bits per heavy atom. The molecule has 1 aromatic heterocycles. The molecule has 0 aliphatic carbocycles. The predicted molar refractivity (Wildman–Crippen MR) is 53.9 cm³/mol. The van der Waals surface area contributed by atoms with Crippen molar-refractivity contribution in [3.05, 3.63) is 42.8 Å². The second-order valence-electron chi connectivity index (χ2n) is 2.81. The zero-order valence-electron chi connectivity index (χ0n) is 7.51. The van der Waals surface area contributed by atoms with Crippen molar-refractivity contribution in [1.29, 1.82) is 0 Å². The Balaban J connectivity index is 2.40. The lowest BCUT2D eigenvalue weighted by Gasteiger charge is -1.98. The number of aromatic nitrogens is 1. The van der Waals surface area contributed by atoms with Crippen LogP contribution in [0.15, 0.2) is 37.2 Å². The van der Waals surface area contributed by atoms with Gasteiger partial charge in [0.1, 0.15) is 0 Å². The molecule has 0 radical (unpaired) electrons. The summed E-state index contributed by atoms with van der Waals surface area (Å²) in [6, 6.07) is 2.05. The van der Waals surface area contributed by atoms with Crippen LogP contribution in [0.4, 0.5) is 0 Å². The van der Waals surface area contributed by atoms with Crippen LogP contribution in [0.1, 0.15) is 25.3 Å². The van der Waals surface area contributed by atoms with E-state index in [0.29, 0.717) is 0 Å². The highest BCUT2D eigenvalue weighted by atomic mass is 14.6. The number of hydrogen-bond donors (Lipinski definition) is 1. The van der Waals surface area contributed by atoms with Gasteiger partial charge >= 0.3 is 0 Å². The van der Waals surface area contributed by atoms with Crippen LogP contribution in [-0.4, -0.2) is 4.98 Å². The van der Waals surface area contributed by atoms with Crippen molar-refractivity contribution < 1.29 is 0 Å². The highest BCUT2D eigenvalue weighted by molar-refractivity contribution is 5.62. The van der Waals surface area contributed by atoms with Crippen molar-refractivity contribution in [1.82, 2.24) is 4.98 Å². The first-order chi connectivity index (χ1) is 5.84. The van der Waals surface area contributed by atoms with Gasteiger partial charge in [0.15, 0.2) is 0 Å². The fraction of sp³-hybridized carbons (Fsp3) is 0.273. The molecule has 0 unspecified atom stereocenters. The van der Waals surface area contributed by atoms with E-state index in [2.05, 4.69) is 29.8 Å². The van der Waals surface area contributed by atoms with Gasteiger partial charge in [-0.15, -0.1) is 0 Å². The second-order valence-corrected chi connectivity index (χ2v) is 2.81. The molecular weight excluding hydrogens is 146 g/mol. The SMILES string of the molecule is C=C(CC/C=C\C)c1cc[nH]c1. The summed E-state index contributed by atoms with van der Waals surface area (Å²) < 4.78 is 0. The summed E-state index contributed by atoms with van der Waals surface area (Å²) in [5, 5.41) is 0. The molecule has 0 aromatic carbocycles. The van der Waals surface area contributed by atoms with Crippen LogP contribution in [0.3, 0.4) is 0 Å². The van der Waals surface area contributed by atoms with Crippen molar-refractivity contribution in [2.75, 3.05) is 0 Å². The Bertz CT molecular complexity index is 255. The predicted octanol–water partition coefficient (Wildman–Crippen LogP) is 3.38. The molecule has 1 aromatic rings. The average molecular weight is 161 g/mol. The van der Waals surface area contributed by atoms with Crippen LogP contribution in [0.2, 0.25) is 0 Å². The molecule has 0 spiro atoms. The lowest BCUT2D eigenvalue weighted by molar-refractivity contribution is 1.07. The van der Waals surface area contributed by atoms with E-state index in [1.54, 1.807) is 0 Å². The quantitative estimate of drug-likeness (QED) is 0.651. The van der Waals surface area contributed by atoms with Gasteiger partial charge in [-0.3, -0.25) is 0 Å². The van der Waals surface area contributed by atoms with Gasteiger partial charge < -0.3 is 4.98 Å². The maximum absolute atomic E-state index is 4.02. The molecule has 0 aliphatic heterocycles. The minimum Gasteiger partial charge on any atom is -0.367 e. The van der Waals surface area contributed by atoms with Crippen LogP contribution in [0.5, 0.6) is 0 Å². The summed E-state index contributed by atoms with van der Waals surface area (Å²) >= 11 is 0. The van der Waals surface area contributed by atoms with Gasteiger partial charge in [-0.1, -0.05) is 18.7 Å². The lowest BCUT2D eigenvalue weighted by atomic mass is 10.1. The largest absolute Gasteiger partial charge is 0.367 e. The minimum absolute atomic E-state index is 1.04. The molecule has 1 heterocycles. The Labute approximate surface area is 73.8 Å². The first-order valence-corrected chi connectivity index (χ1v) is 4.26. The summed E-state index contributed by atoms with van der Waals surface area (Å²) in [5.41, 5.74) is 2.42. The summed E-state index contributed by atoms with van der Waals surface area (Å²) in [7, 11) is 0. The molecule has 1 heteroatoms. The van der Waals surface area contributed by atoms with E-state index in [0.717, 1.165) is 12.8 Å².